The molecule has 21 heavy (non-hydrogen) atoms. The summed E-state index contributed by atoms with van der Waals surface area (Å²) in [6.07, 6.45) is -0.340. The molecule has 4 heteroatoms. The Hall–Kier alpha value is -1.26. The first kappa shape index (κ1) is 17.8. The molecule has 0 fully saturated rings. The molecule has 0 saturated heterocycles. The maximum atomic E-state index is 10.0. The minimum atomic E-state index is -0.340. The lowest BCUT2D eigenvalue weighted by Crippen LogP contribution is -2.35. The fourth-order valence-corrected chi connectivity index (χ4v) is 2.46. The number of rotatable bonds is 10. The van der Waals surface area contributed by atoms with E-state index in [1.165, 1.54) is 5.69 Å². The van der Waals surface area contributed by atoms with E-state index in [0.717, 1.165) is 38.4 Å². The molecule has 1 aromatic carbocycles. The van der Waals surface area contributed by atoms with E-state index in [4.69, 9.17) is 0 Å². The highest BCUT2D eigenvalue weighted by atomic mass is 16.3. The molecule has 0 spiro atoms. The predicted molar refractivity (Wildman–Crippen MR) is 92.3 cm³/mol. The van der Waals surface area contributed by atoms with Crippen LogP contribution in [0.1, 0.15) is 27.7 Å². The van der Waals surface area contributed by atoms with Crippen LogP contribution in [0.5, 0.6) is 0 Å². The van der Waals surface area contributed by atoms with E-state index in [2.05, 4.69) is 67.1 Å². The van der Waals surface area contributed by atoms with Crippen LogP contribution >= 0.6 is 0 Å². The van der Waals surface area contributed by atoms with Gasteiger partial charge in [-0.15, -0.1) is 0 Å². The zero-order valence-corrected chi connectivity index (χ0v) is 14.0. The summed E-state index contributed by atoms with van der Waals surface area (Å²) in [7, 11) is 0. The highest BCUT2D eigenvalue weighted by Crippen LogP contribution is 2.17. The molecular weight excluding hydrogens is 262 g/mol. The second-order valence-electron chi connectivity index (χ2n) is 5.24. The van der Waals surface area contributed by atoms with E-state index >= 15 is 0 Å². The number of anilines is 2. The average Bonchev–Trinajstić information content (AvgIpc) is 2.53. The summed E-state index contributed by atoms with van der Waals surface area (Å²) in [6, 6.07) is 8.42. The molecule has 0 saturated carbocycles. The monoisotopic (exact) mass is 293 g/mol. The van der Waals surface area contributed by atoms with Gasteiger partial charge in [0.2, 0.25) is 0 Å². The molecule has 0 aromatic heterocycles. The van der Waals surface area contributed by atoms with Crippen LogP contribution in [0.2, 0.25) is 0 Å². The van der Waals surface area contributed by atoms with E-state index in [-0.39, 0.29) is 6.10 Å². The van der Waals surface area contributed by atoms with Gasteiger partial charge in [-0.2, -0.15) is 0 Å². The number of likely N-dealkylation sites (N-methyl/N-ethyl adjacent to an activating group) is 1. The molecule has 1 unspecified atom stereocenters. The van der Waals surface area contributed by atoms with Crippen molar-refractivity contribution in [2.45, 2.75) is 33.8 Å². The molecule has 0 bridgehead atoms. The van der Waals surface area contributed by atoms with Crippen molar-refractivity contribution >= 4 is 11.4 Å². The SMILES string of the molecule is CCN(CC)CC(O)CNc1ccc(N(CC)CC)cc1. The van der Waals surface area contributed by atoms with E-state index in [1.54, 1.807) is 0 Å². The maximum absolute atomic E-state index is 10.0. The van der Waals surface area contributed by atoms with Crippen LogP contribution in [-0.2, 0) is 0 Å². The zero-order chi connectivity index (χ0) is 15.7. The van der Waals surface area contributed by atoms with Crippen LogP contribution in [0.4, 0.5) is 11.4 Å². The molecule has 4 nitrogen and oxygen atoms in total. The Morgan fingerprint density at radius 3 is 2.00 bits per heavy atom. The number of benzene rings is 1. The molecule has 1 atom stereocenters. The third-order valence-electron chi connectivity index (χ3n) is 3.90. The number of aliphatic hydroxyl groups is 1. The molecule has 0 aliphatic rings. The number of aliphatic hydroxyl groups excluding tert-OH is 1. The van der Waals surface area contributed by atoms with Gasteiger partial charge in [-0.05, 0) is 51.2 Å². The third kappa shape index (κ3) is 5.94. The second kappa shape index (κ2) is 9.64. The largest absolute Gasteiger partial charge is 0.390 e. The van der Waals surface area contributed by atoms with Crippen LogP contribution < -0.4 is 10.2 Å². The maximum Gasteiger partial charge on any atom is 0.0839 e. The lowest BCUT2D eigenvalue weighted by atomic mass is 10.2. The van der Waals surface area contributed by atoms with Gasteiger partial charge in [0.25, 0.3) is 0 Å². The first-order valence-electron chi connectivity index (χ1n) is 8.13. The van der Waals surface area contributed by atoms with Crippen molar-refractivity contribution in [2.75, 3.05) is 49.5 Å². The summed E-state index contributed by atoms with van der Waals surface area (Å²) in [5.41, 5.74) is 2.30. The number of nitrogens with one attached hydrogen (secondary N) is 1. The lowest BCUT2D eigenvalue weighted by molar-refractivity contribution is 0.128. The van der Waals surface area contributed by atoms with Crippen molar-refractivity contribution in [1.82, 2.24) is 4.90 Å². The highest BCUT2D eigenvalue weighted by molar-refractivity contribution is 5.55. The van der Waals surface area contributed by atoms with E-state index < -0.39 is 0 Å². The van der Waals surface area contributed by atoms with Crippen LogP contribution in [0, 0.1) is 0 Å². The summed E-state index contributed by atoms with van der Waals surface area (Å²) in [4.78, 5) is 4.55. The first-order valence-corrected chi connectivity index (χ1v) is 8.13. The van der Waals surface area contributed by atoms with Gasteiger partial charge in [0.15, 0.2) is 0 Å². The normalized spacial score (nSPS) is 12.5. The van der Waals surface area contributed by atoms with Gasteiger partial charge >= 0.3 is 0 Å². The number of hydrogen-bond donors (Lipinski definition) is 2. The third-order valence-corrected chi connectivity index (χ3v) is 3.90. The Morgan fingerprint density at radius 2 is 1.52 bits per heavy atom. The van der Waals surface area contributed by atoms with E-state index in [1.807, 2.05) is 0 Å². The smallest absolute Gasteiger partial charge is 0.0839 e. The van der Waals surface area contributed by atoms with E-state index in [0.29, 0.717) is 6.54 Å². The quantitative estimate of drug-likeness (QED) is 0.695. The topological polar surface area (TPSA) is 38.7 Å². The standard InChI is InChI=1S/C17H31N3O/c1-5-19(6-2)14-17(21)13-18-15-9-11-16(12-10-15)20(7-3)8-4/h9-12,17-18,21H,5-8,13-14H2,1-4H3. The predicted octanol–water partition coefficient (Wildman–Crippen LogP) is 2.65. The summed E-state index contributed by atoms with van der Waals surface area (Å²) < 4.78 is 0. The minimum Gasteiger partial charge on any atom is -0.390 e. The van der Waals surface area contributed by atoms with Gasteiger partial charge in [0.1, 0.15) is 0 Å². The van der Waals surface area contributed by atoms with E-state index in [9.17, 15) is 5.11 Å². The Bertz CT molecular complexity index is 372. The van der Waals surface area contributed by atoms with Crippen molar-refractivity contribution in [3.05, 3.63) is 24.3 Å². The molecule has 2 N–H and O–H groups in total. The molecular formula is C17H31N3O. The fourth-order valence-electron chi connectivity index (χ4n) is 2.46. The van der Waals surface area contributed by atoms with Gasteiger partial charge in [0, 0.05) is 37.6 Å². The molecule has 1 aromatic rings. The molecule has 0 amide bonds. The van der Waals surface area contributed by atoms with Crippen LogP contribution in [0.3, 0.4) is 0 Å². The highest BCUT2D eigenvalue weighted by Gasteiger charge is 2.08. The minimum absolute atomic E-state index is 0.340. The summed E-state index contributed by atoms with van der Waals surface area (Å²) in [6.45, 7) is 13.9. The fraction of sp³-hybridized carbons (Fsp3) is 0.647. The summed E-state index contributed by atoms with van der Waals surface area (Å²) in [5.74, 6) is 0. The molecule has 0 radical (unpaired) electrons. The van der Waals surface area contributed by atoms with Crippen molar-refractivity contribution in [1.29, 1.82) is 0 Å². The van der Waals surface area contributed by atoms with Crippen molar-refractivity contribution in [2.24, 2.45) is 0 Å². The summed E-state index contributed by atoms with van der Waals surface area (Å²) >= 11 is 0. The Kier molecular flexibility index (Phi) is 8.16. The second-order valence-corrected chi connectivity index (χ2v) is 5.24. The molecule has 120 valence electrons. The van der Waals surface area contributed by atoms with Crippen molar-refractivity contribution in [3.8, 4) is 0 Å². The van der Waals surface area contributed by atoms with Crippen LogP contribution in [-0.4, -0.2) is 55.4 Å². The number of nitrogens with zero attached hydrogens (tertiary/aromatic N) is 2. The first-order chi connectivity index (χ1) is 10.1. The lowest BCUT2D eigenvalue weighted by Gasteiger charge is -2.23. The molecule has 1 rings (SSSR count). The van der Waals surface area contributed by atoms with Gasteiger partial charge < -0.3 is 20.2 Å². The number of hydrogen-bond acceptors (Lipinski definition) is 4. The Balaban J connectivity index is 2.45. The van der Waals surface area contributed by atoms with Gasteiger partial charge in [-0.1, -0.05) is 13.8 Å². The average molecular weight is 293 g/mol. The Morgan fingerprint density at radius 1 is 0.952 bits per heavy atom. The van der Waals surface area contributed by atoms with Gasteiger partial charge in [0.05, 0.1) is 6.10 Å². The van der Waals surface area contributed by atoms with Crippen molar-refractivity contribution in [3.63, 3.8) is 0 Å². The molecule has 0 aliphatic heterocycles. The van der Waals surface area contributed by atoms with Gasteiger partial charge in [-0.25, -0.2) is 0 Å². The molecule has 0 heterocycles. The molecule has 0 aliphatic carbocycles. The van der Waals surface area contributed by atoms with Crippen molar-refractivity contribution < 1.29 is 5.11 Å². The Labute approximate surface area is 129 Å². The van der Waals surface area contributed by atoms with Crippen LogP contribution in [0.15, 0.2) is 24.3 Å². The van der Waals surface area contributed by atoms with Crippen LogP contribution in [0.25, 0.3) is 0 Å². The summed E-state index contributed by atoms with van der Waals surface area (Å²) in [5, 5.41) is 13.4. The zero-order valence-electron chi connectivity index (χ0n) is 14.0. The van der Waals surface area contributed by atoms with Gasteiger partial charge in [-0.3, -0.25) is 0 Å².